The van der Waals surface area contributed by atoms with Crippen molar-refractivity contribution in [2.75, 3.05) is 27.2 Å². The Balaban J connectivity index is 2.32. The van der Waals surface area contributed by atoms with Crippen molar-refractivity contribution in [3.05, 3.63) is 24.0 Å². The molecule has 0 saturated heterocycles. The second-order valence-electron chi connectivity index (χ2n) is 6.26. The molecule has 3 heteroatoms. The third-order valence-electron chi connectivity index (χ3n) is 2.97. The van der Waals surface area contributed by atoms with Crippen LogP contribution in [0, 0.1) is 5.41 Å². The van der Waals surface area contributed by atoms with E-state index in [9.17, 15) is 0 Å². The van der Waals surface area contributed by atoms with Gasteiger partial charge < -0.3 is 14.8 Å². The quantitative estimate of drug-likeness (QED) is 0.766. The van der Waals surface area contributed by atoms with E-state index in [1.165, 1.54) is 12.0 Å². The summed E-state index contributed by atoms with van der Waals surface area (Å²) in [7, 11) is 4.26. The van der Waals surface area contributed by atoms with Crippen molar-refractivity contribution in [2.45, 2.75) is 40.3 Å². The average Bonchev–Trinajstić information content (AvgIpc) is 2.64. The third-order valence-corrected chi connectivity index (χ3v) is 2.97. The molecule has 0 spiro atoms. The van der Waals surface area contributed by atoms with Gasteiger partial charge in [-0.3, -0.25) is 0 Å². The zero-order valence-electron chi connectivity index (χ0n) is 12.7. The molecule has 0 aliphatic rings. The van der Waals surface area contributed by atoms with Crippen LogP contribution in [0.25, 0.3) is 0 Å². The topological polar surface area (TPSA) is 20.2 Å². The van der Waals surface area contributed by atoms with Crippen LogP contribution in [-0.2, 0) is 13.1 Å². The van der Waals surface area contributed by atoms with Crippen molar-refractivity contribution in [2.24, 2.45) is 5.41 Å². The Bertz CT molecular complexity index is 339. The highest BCUT2D eigenvalue weighted by atomic mass is 15.1. The fourth-order valence-corrected chi connectivity index (χ4v) is 2.45. The largest absolute Gasteiger partial charge is 0.354 e. The summed E-state index contributed by atoms with van der Waals surface area (Å²) in [4.78, 5) is 2.25. The number of nitrogens with zero attached hydrogens (tertiary/aromatic N) is 2. The summed E-state index contributed by atoms with van der Waals surface area (Å²) in [5.74, 6) is 0. The van der Waals surface area contributed by atoms with Crippen LogP contribution in [0.4, 0.5) is 0 Å². The van der Waals surface area contributed by atoms with Gasteiger partial charge in [0.1, 0.15) is 0 Å². The van der Waals surface area contributed by atoms with Crippen molar-refractivity contribution in [1.82, 2.24) is 14.8 Å². The summed E-state index contributed by atoms with van der Waals surface area (Å²) >= 11 is 0. The second kappa shape index (κ2) is 6.95. The van der Waals surface area contributed by atoms with Crippen molar-refractivity contribution in [3.63, 3.8) is 0 Å². The van der Waals surface area contributed by atoms with Gasteiger partial charge in [0.25, 0.3) is 0 Å². The summed E-state index contributed by atoms with van der Waals surface area (Å²) in [6.07, 6.45) is 5.61. The van der Waals surface area contributed by atoms with Gasteiger partial charge in [0, 0.05) is 38.6 Å². The Morgan fingerprint density at radius 1 is 1.33 bits per heavy atom. The average molecular weight is 251 g/mol. The van der Waals surface area contributed by atoms with E-state index in [0.29, 0.717) is 5.41 Å². The smallest absolute Gasteiger partial charge is 0.0220 e. The van der Waals surface area contributed by atoms with Crippen LogP contribution in [0.2, 0.25) is 0 Å². The lowest BCUT2D eigenvalue weighted by molar-refractivity contribution is 0.232. The predicted octanol–water partition coefficient (Wildman–Crippen LogP) is 2.58. The monoisotopic (exact) mass is 251 g/mol. The first-order chi connectivity index (χ1) is 8.43. The van der Waals surface area contributed by atoms with Gasteiger partial charge in [0.2, 0.25) is 0 Å². The Labute approximate surface area is 112 Å². The highest BCUT2D eigenvalue weighted by Crippen LogP contribution is 2.14. The molecule has 1 N–H and O–H groups in total. The summed E-state index contributed by atoms with van der Waals surface area (Å²) < 4.78 is 2.27. The number of hydrogen-bond donors (Lipinski definition) is 1. The number of hydrogen-bond acceptors (Lipinski definition) is 2. The lowest BCUT2D eigenvalue weighted by atomic mass is 9.93. The minimum absolute atomic E-state index is 0.315. The Hall–Kier alpha value is -0.800. The van der Waals surface area contributed by atoms with Gasteiger partial charge in [0.05, 0.1) is 0 Å². The van der Waals surface area contributed by atoms with E-state index >= 15 is 0 Å². The Morgan fingerprint density at radius 3 is 2.67 bits per heavy atom. The molecular formula is C15H29N3. The van der Waals surface area contributed by atoms with Crippen molar-refractivity contribution >= 4 is 0 Å². The zero-order valence-corrected chi connectivity index (χ0v) is 12.7. The lowest BCUT2D eigenvalue weighted by Crippen LogP contribution is -2.37. The maximum atomic E-state index is 3.56. The summed E-state index contributed by atoms with van der Waals surface area (Å²) in [6, 6.07) is 2.21. The molecule has 18 heavy (non-hydrogen) atoms. The maximum absolute atomic E-state index is 3.56. The van der Waals surface area contributed by atoms with Crippen molar-refractivity contribution < 1.29 is 0 Å². The van der Waals surface area contributed by atoms with E-state index in [1.807, 2.05) is 0 Å². The fraction of sp³-hybridized carbons (Fsp3) is 0.733. The van der Waals surface area contributed by atoms with Crippen molar-refractivity contribution in [1.29, 1.82) is 0 Å². The SMILES string of the molecule is CCCn1ccc(CNCC(C)(C)CN(C)C)c1. The van der Waals surface area contributed by atoms with E-state index in [4.69, 9.17) is 0 Å². The summed E-state index contributed by atoms with van der Waals surface area (Å²) in [5.41, 5.74) is 1.69. The number of rotatable bonds is 8. The molecule has 0 radical (unpaired) electrons. The fourth-order valence-electron chi connectivity index (χ4n) is 2.45. The van der Waals surface area contributed by atoms with Gasteiger partial charge in [0.15, 0.2) is 0 Å². The maximum Gasteiger partial charge on any atom is 0.0220 e. The van der Waals surface area contributed by atoms with E-state index in [-0.39, 0.29) is 0 Å². The van der Waals surface area contributed by atoms with E-state index in [2.05, 4.69) is 68.1 Å². The molecule has 1 rings (SSSR count). The molecule has 0 saturated carbocycles. The molecule has 3 nitrogen and oxygen atoms in total. The first-order valence-electron chi connectivity index (χ1n) is 6.93. The first-order valence-corrected chi connectivity index (χ1v) is 6.93. The molecule has 0 aliphatic carbocycles. The number of aryl methyl sites for hydroxylation is 1. The van der Waals surface area contributed by atoms with Gasteiger partial charge in [-0.15, -0.1) is 0 Å². The van der Waals surface area contributed by atoms with Crippen LogP contribution in [0.1, 0.15) is 32.8 Å². The molecule has 0 unspecified atom stereocenters. The molecule has 1 aromatic rings. The summed E-state index contributed by atoms with van der Waals surface area (Å²) in [6.45, 7) is 11.1. The molecule has 1 heterocycles. The third kappa shape index (κ3) is 5.69. The molecule has 0 aromatic carbocycles. The number of aromatic nitrogens is 1. The van der Waals surface area contributed by atoms with Gasteiger partial charge >= 0.3 is 0 Å². The minimum atomic E-state index is 0.315. The van der Waals surface area contributed by atoms with Crippen LogP contribution in [0.3, 0.4) is 0 Å². The van der Waals surface area contributed by atoms with E-state index < -0.39 is 0 Å². The molecule has 0 atom stereocenters. The molecule has 1 aromatic heterocycles. The molecule has 0 amide bonds. The van der Waals surface area contributed by atoms with E-state index in [0.717, 1.165) is 26.2 Å². The molecular weight excluding hydrogens is 222 g/mol. The summed E-state index contributed by atoms with van der Waals surface area (Å²) in [5, 5.41) is 3.56. The van der Waals surface area contributed by atoms with E-state index in [1.54, 1.807) is 0 Å². The minimum Gasteiger partial charge on any atom is -0.354 e. The normalized spacial score (nSPS) is 12.3. The number of nitrogens with one attached hydrogen (secondary N) is 1. The van der Waals surface area contributed by atoms with Gasteiger partial charge in [-0.25, -0.2) is 0 Å². The lowest BCUT2D eigenvalue weighted by Gasteiger charge is -2.28. The van der Waals surface area contributed by atoms with Crippen LogP contribution in [0.15, 0.2) is 18.5 Å². The molecule has 104 valence electrons. The van der Waals surface area contributed by atoms with Gasteiger partial charge in [-0.1, -0.05) is 20.8 Å². The molecule has 0 fully saturated rings. The van der Waals surface area contributed by atoms with Crippen LogP contribution < -0.4 is 5.32 Å². The first kappa shape index (κ1) is 15.3. The highest BCUT2D eigenvalue weighted by molar-refractivity contribution is 5.09. The second-order valence-corrected chi connectivity index (χ2v) is 6.26. The standard InChI is InChI=1S/C15H29N3/c1-6-8-18-9-7-14(11-18)10-16-12-15(2,3)13-17(4)5/h7,9,11,16H,6,8,10,12-13H2,1-5H3. The Kier molecular flexibility index (Phi) is 5.89. The van der Waals surface area contributed by atoms with Crippen LogP contribution in [-0.4, -0.2) is 36.7 Å². The van der Waals surface area contributed by atoms with Crippen molar-refractivity contribution in [3.8, 4) is 0 Å². The zero-order chi connectivity index (χ0) is 13.6. The van der Waals surface area contributed by atoms with Gasteiger partial charge in [-0.05, 0) is 37.6 Å². The van der Waals surface area contributed by atoms with Crippen LogP contribution >= 0.6 is 0 Å². The predicted molar refractivity (Wildman–Crippen MR) is 78.8 cm³/mol. The highest BCUT2D eigenvalue weighted by Gasteiger charge is 2.18. The van der Waals surface area contributed by atoms with Crippen LogP contribution in [0.5, 0.6) is 0 Å². The Morgan fingerprint density at radius 2 is 2.06 bits per heavy atom. The van der Waals surface area contributed by atoms with Gasteiger partial charge in [-0.2, -0.15) is 0 Å². The molecule has 0 bridgehead atoms. The molecule has 0 aliphatic heterocycles.